The average Bonchev–Trinajstić information content (AvgIpc) is 2.13. The predicted octanol–water partition coefficient (Wildman–Crippen LogP) is 3.15. The van der Waals surface area contributed by atoms with E-state index < -0.39 is 39.9 Å². The molecule has 0 aliphatic carbocycles. The Hall–Kier alpha value is -0.620. The Morgan fingerprint density at radius 1 is 1.33 bits per heavy atom. The molecule has 0 spiro atoms. The molecular weight excluding hydrogens is 413 g/mol. The average molecular weight is 416 g/mol. The van der Waals surface area contributed by atoms with Crippen molar-refractivity contribution in [2.75, 3.05) is 0 Å². The van der Waals surface area contributed by atoms with E-state index in [0.717, 1.165) is 22.6 Å². The van der Waals surface area contributed by atoms with Crippen LogP contribution in [0.4, 0.5) is 18.9 Å². The van der Waals surface area contributed by atoms with Gasteiger partial charge in [0.2, 0.25) is 0 Å². The van der Waals surface area contributed by atoms with E-state index in [1.807, 2.05) is 0 Å². The first kappa shape index (κ1) is 15.4. The van der Waals surface area contributed by atoms with Gasteiger partial charge in [-0.3, -0.25) is 10.1 Å². The van der Waals surface area contributed by atoms with Crippen LogP contribution in [0.3, 0.4) is 0 Å². The number of alkyl halides is 3. The second kappa shape index (κ2) is 4.81. The fourth-order valence-corrected chi connectivity index (χ4v) is 2.66. The van der Waals surface area contributed by atoms with Gasteiger partial charge < -0.3 is 0 Å². The van der Waals surface area contributed by atoms with E-state index in [4.69, 9.17) is 10.7 Å². The van der Waals surface area contributed by atoms with Crippen LogP contribution < -0.4 is 0 Å². The molecule has 100 valence electrons. The van der Waals surface area contributed by atoms with E-state index >= 15 is 0 Å². The van der Waals surface area contributed by atoms with Crippen LogP contribution in [-0.2, 0) is 15.2 Å². The molecule has 5 nitrogen and oxygen atoms in total. The number of nitro groups is 1. The quantitative estimate of drug-likeness (QED) is 0.322. The van der Waals surface area contributed by atoms with Crippen LogP contribution >= 0.6 is 33.3 Å². The van der Waals surface area contributed by atoms with Crippen LogP contribution in [0.1, 0.15) is 5.56 Å². The number of nitrogens with zero attached hydrogens (tertiary/aromatic N) is 1. The van der Waals surface area contributed by atoms with Crippen LogP contribution in [0, 0.1) is 13.7 Å². The van der Waals surface area contributed by atoms with Crippen molar-refractivity contribution in [1.82, 2.24) is 0 Å². The van der Waals surface area contributed by atoms with Gasteiger partial charge in [0.1, 0.15) is 3.57 Å². The lowest BCUT2D eigenvalue weighted by atomic mass is 10.2. The normalized spacial score (nSPS) is 12.5. The number of nitro benzene ring substituents is 1. The van der Waals surface area contributed by atoms with Crippen LogP contribution in [0.2, 0.25) is 0 Å². The summed E-state index contributed by atoms with van der Waals surface area (Å²) in [6.45, 7) is 0. The summed E-state index contributed by atoms with van der Waals surface area (Å²) in [5.74, 6) is 0. The molecule has 1 aromatic carbocycles. The van der Waals surface area contributed by atoms with Crippen LogP contribution in [0.15, 0.2) is 17.0 Å². The van der Waals surface area contributed by atoms with E-state index in [9.17, 15) is 31.7 Å². The molecule has 0 atom stereocenters. The summed E-state index contributed by atoms with van der Waals surface area (Å²) >= 11 is 1.13. The molecule has 11 heteroatoms. The predicted molar refractivity (Wildman–Crippen MR) is 63.9 cm³/mol. The molecule has 0 radical (unpaired) electrons. The molecule has 1 rings (SSSR count). The maximum atomic E-state index is 12.6. The number of hydrogen-bond donors (Lipinski definition) is 0. The van der Waals surface area contributed by atoms with E-state index in [1.54, 1.807) is 0 Å². The van der Waals surface area contributed by atoms with Crippen LogP contribution in [0.25, 0.3) is 0 Å². The minimum absolute atomic E-state index is 0.261. The topological polar surface area (TPSA) is 77.3 Å². The lowest BCUT2D eigenvalue weighted by Gasteiger charge is -2.10. The van der Waals surface area contributed by atoms with E-state index in [0.29, 0.717) is 6.07 Å². The molecule has 0 N–H and O–H groups in total. The van der Waals surface area contributed by atoms with Gasteiger partial charge in [0, 0.05) is 16.7 Å². The van der Waals surface area contributed by atoms with E-state index in [1.165, 1.54) is 0 Å². The van der Waals surface area contributed by atoms with Gasteiger partial charge in [0.15, 0.2) is 0 Å². The maximum Gasteiger partial charge on any atom is 0.417 e. The number of benzene rings is 1. The summed E-state index contributed by atoms with van der Waals surface area (Å²) < 4.78 is 59.0. The van der Waals surface area contributed by atoms with Gasteiger partial charge in [-0.05, 0) is 28.7 Å². The minimum atomic E-state index is -4.92. The molecule has 0 aromatic heterocycles. The molecule has 0 unspecified atom stereocenters. The smallest absolute Gasteiger partial charge is 0.258 e. The van der Waals surface area contributed by atoms with Crippen molar-refractivity contribution in [2.24, 2.45) is 0 Å². The van der Waals surface area contributed by atoms with Crippen molar-refractivity contribution in [3.8, 4) is 0 Å². The molecule has 0 bridgehead atoms. The summed E-state index contributed by atoms with van der Waals surface area (Å²) in [7, 11) is 0.396. The van der Waals surface area contributed by atoms with Gasteiger partial charge in [-0.25, -0.2) is 8.42 Å². The highest BCUT2D eigenvalue weighted by molar-refractivity contribution is 14.1. The number of hydrogen-bond acceptors (Lipinski definition) is 4. The zero-order chi connectivity index (χ0) is 14.3. The third-order valence-electron chi connectivity index (χ3n) is 1.81. The molecule has 18 heavy (non-hydrogen) atoms. The molecule has 0 saturated carbocycles. The Morgan fingerprint density at radius 3 is 2.17 bits per heavy atom. The van der Waals surface area contributed by atoms with E-state index in [2.05, 4.69) is 0 Å². The minimum Gasteiger partial charge on any atom is -0.258 e. The summed E-state index contributed by atoms with van der Waals surface area (Å²) in [4.78, 5) is 8.50. The van der Waals surface area contributed by atoms with Crippen molar-refractivity contribution in [1.29, 1.82) is 0 Å². The van der Waals surface area contributed by atoms with Crippen LogP contribution in [-0.4, -0.2) is 13.3 Å². The molecule has 0 aliphatic rings. The standard InChI is InChI=1S/C7H2ClF3INO4S/c8-18(16,17)3-1-4(7(9,10)11)6(12)5(2-3)13(14)15/h1-2H. The van der Waals surface area contributed by atoms with Crippen molar-refractivity contribution in [3.05, 3.63) is 31.4 Å². The second-order valence-electron chi connectivity index (χ2n) is 3.00. The first-order valence-electron chi connectivity index (χ1n) is 3.94. The largest absolute Gasteiger partial charge is 0.417 e. The first-order chi connectivity index (χ1) is 7.94. The highest BCUT2D eigenvalue weighted by Gasteiger charge is 2.38. The van der Waals surface area contributed by atoms with Crippen LogP contribution in [0.5, 0.6) is 0 Å². The number of halogens is 5. The molecule has 0 heterocycles. The maximum absolute atomic E-state index is 12.6. The van der Waals surface area contributed by atoms with Gasteiger partial charge in [-0.1, -0.05) is 0 Å². The lowest BCUT2D eigenvalue weighted by Crippen LogP contribution is -2.11. The monoisotopic (exact) mass is 415 g/mol. The molecular formula is C7H2ClF3INO4S. The molecule has 0 aliphatic heterocycles. The van der Waals surface area contributed by atoms with E-state index in [-0.39, 0.29) is 6.07 Å². The zero-order valence-electron chi connectivity index (χ0n) is 8.03. The molecule has 1 aromatic rings. The summed E-state index contributed by atoms with van der Waals surface area (Å²) in [5.41, 5.74) is -2.39. The van der Waals surface area contributed by atoms with Crippen molar-refractivity contribution >= 4 is 48.0 Å². The molecule has 0 saturated heterocycles. The van der Waals surface area contributed by atoms with Gasteiger partial charge in [-0.15, -0.1) is 0 Å². The Bertz CT molecular complexity index is 616. The first-order valence-corrected chi connectivity index (χ1v) is 7.33. The number of rotatable bonds is 2. The van der Waals surface area contributed by atoms with Crippen molar-refractivity contribution < 1.29 is 26.5 Å². The fourth-order valence-electron chi connectivity index (χ4n) is 1.06. The van der Waals surface area contributed by atoms with Gasteiger partial charge in [-0.2, -0.15) is 13.2 Å². The Kier molecular flexibility index (Phi) is 4.13. The highest BCUT2D eigenvalue weighted by atomic mass is 127. The lowest BCUT2D eigenvalue weighted by molar-refractivity contribution is -0.386. The SMILES string of the molecule is O=[N+]([O-])c1cc(S(=O)(=O)Cl)cc(C(F)(F)F)c1I. The molecule has 0 fully saturated rings. The fraction of sp³-hybridized carbons (Fsp3) is 0.143. The summed E-state index contributed by atoms with van der Waals surface area (Å²) in [6, 6.07) is 0.746. The molecule has 0 amide bonds. The van der Waals surface area contributed by atoms with Crippen molar-refractivity contribution in [2.45, 2.75) is 11.1 Å². The summed E-state index contributed by atoms with van der Waals surface area (Å²) in [5, 5.41) is 10.6. The van der Waals surface area contributed by atoms with Gasteiger partial charge in [0.25, 0.3) is 14.7 Å². The Labute approximate surface area is 117 Å². The van der Waals surface area contributed by atoms with Gasteiger partial charge in [0.05, 0.1) is 15.4 Å². The Balaban J connectivity index is 3.74. The highest BCUT2D eigenvalue weighted by Crippen LogP contribution is 2.39. The van der Waals surface area contributed by atoms with Crippen molar-refractivity contribution in [3.63, 3.8) is 0 Å². The summed E-state index contributed by atoms with van der Waals surface area (Å²) in [6.07, 6.45) is -4.92. The van der Waals surface area contributed by atoms with Gasteiger partial charge >= 0.3 is 6.18 Å². The third-order valence-corrected chi connectivity index (χ3v) is 4.28. The zero-order valence-corrected chi connectivity index (χ0v) is 11.8. The second-order valence-corrected chi connectivity index (χ2v) is 6.64. The Morgan fingerprint density at radius 2 is 1.83 bits per heavy atom. The third kappa shape index (κ3) is 3.23.